The molecule has 0 bridgehead atoms. The zero-order chi connectivity index (χ0) is 13.0. The van der Waals surface area contributed by atoms with Crippen molar-refractivity contribution in [2.45, 2.75) is 13.1 Å². The van der Waals surface area contributed by atoms with E-state index in [1.807, 2.05) is 30.1 Å². The predicted molar refractivity (Wildman–Crippen MR) is 70.2 cm³/mol. The van der Waals surface area contributed by atoms with E-state index in [0.717, 1.165) is 5.69 Å². The maximum Gasteiger partial charge on any atom is 0.150 e. The van der Waals surface area contributed by atoms with Gasteiger partial charge in [0.1, 0.15) is 0 Å². The van der Waals surface area contributed by atoms with Gasteiger partial charge in [0.2, 0.25) is 0 Å². The van der Waals surface area contributed by atoms with E-state index in [4.69, 9.17) is 5.73 Å². The van der Waals surface area contributed by atoms with Crippen molar-refractivity contribution in [3.8, 4) is 0 Å². The lowest BCUT2D eigenvalue weighted by Gasteiger charge is -2.17. The normalized spacial score (nSPS) is 10.8. The van der Waals surface area contributed by atoms with Gasteiger partial charge in [-0.05, 0) is 25.2 Å². The van der Waals surface area contributed by atoms with E-state index in [1.165, 1.54) is 0 Å². The van der Waals surface area contributed by atoms with Gasteiger partial charge in [0.05, 0.1) is 11.4 Å². The quantitative estimate of drug-likeness (QED) is 0.841. The summed E-state index contributed by atoms with van der Waals surface area (Å²) in [5.41, 5.74) is 7.30. The van der Waals surface area contributed by atoms with Crippen LogP contribution in [0.2, 0.25) is 0 Å². The van der Waals surface area contributed by atoms with E-state index in [-0.39, 0.29) is 11.5 Å². The number of aromatic nitrogens is 1. The molecule has 0 unspecified atom stereocenters. The van der Waals surface area contributed by atoms with Crippen molar-refractivity contribution in [3.63, 3.8) is 0 Å². The van der Waals surface area contributed by atoms with Crippen LogP contribution in [0.15, 0.2) is 42.6 Å². The lowest BCUT2D eigenvalue weighted by Crippen LogP contribution is -2.18. The zero-order valence-corrected chi connectivity index (χ0v) is 10.3. The predicted octanol–water partition coefficient (Wildman–Crippen LogP) is 2.43. The van der Waals surface area contributed by atoms with Gasteiger partial charge in [0.25, 0.3) is 0 Å². The van der Waals surface area contributed by atoms with Gasteiger partial charge in [-0.25, -0.2) is 4.39 Å². The second-order valence-electron chi connectivity index (χ2n) is 4.31. The number of nitrogens with zero attached hydrogens (tertiary/aromatic N) is 2. The van der Waals surface area contributed by atoms with Crippen LogP contribution < -0.4 is 5.73 Å². The van der Waals surface area contributed by atoms with Gasteiger partial charge in [0.15, 0.2) is 5.82 Å². The summed E-state index contributed by atoms with van der Waals surface area (Å²) in [6.45, 7) is 1.18. The number of anilines is 1. The first-order chi connectivity index (χ1) is 8.66. The van der Waals surface area contributed by atoms with Crippen molar-refractivity contribution in [2.24, 2.45) is 0 Å². The van der Waals surface area contributed by atoms with Crippen LogP contribution in [-0.4, -0.2) is 16.9 Å². The van der Waals surface area contributed by atoms with Crippen LogP contribution >= 0.6 is 0 Å². The van der Waals surface area contributed by atoms with Crippen LogP contribution in [0.1, 0.15) is 11.3 Å². The van der Waals surface area contributed by atoms with Gasteiger partial charge in [-0.2, -0.15) is 0 Å². The number of hydrogen-bond acceptors (Lipinski definition) is 3. The SMILES string of the molecule is CN(Cc1ccccn1)Cc1cccc(N)c1F. The summed E-state index contributed by atoms with van der Waals surface area (Å²) in [7, 11) is 1.93. The molecule has 2 aromatic rings. The molecule has 0 aliphatic heterocycles. The Morgan fingerprint density at radius 1 is 1.17 bits per heavy atom. The molecule has 0 spiro atoms. The fourth-order valence-corrected chi connectivity index (χ4v) is 1.84. The Morgan fingerprint density at radius 3 is 2.72 bits per heavy atom. The summed E-state index contributed by atoms with van der Waals surface area (Å²) in [5.74, 6) is -0.328. The molecule has 1 aromatic heterocycles. The summed E-state index contributed by atoms with van der Waals surface area (Å²) < 4.78 is 13.7. The van der Waals surface area contributed by atoms with Gasteiger partial charge in [-0.1, -0.05) is 18.2 Å². The van der Waals surface area contributed by atoms with E-state index in [9.17, 15) is 4.39 Å². The third-order valence-electron chi connectivity index (χ3n) is 2.71. The summed E-state index contributed by atoms with van der Waals surface area (Å²) >= 11 is 0. The molecule has 18 heavy (non-hydrogen) atoms. The molecule has 2 N–H and O–H groups in total. The van der Waals surface area contributed by atoms with Crippen molar-refractivity contribution in [1.82, 2.24) is 9.88 Å². The molecule has 0 atom stereocenters. The molecule has 3 nitrogen and oxygen atoms in total. The summed E-state index contributed by atoms with van der Waals surface area (Å²) in [6, 6.07) is 10.9. The Morgan fingerprint density at radius 2 is 2.00 bits per heavy atom. The number of nitrogen functional groups attached to an aromatic ring is 1. The molecular formula is C14H16FN3. The fraction of sp³-hybridized carbons (Fsp3) is 0.214. The molecule has 0 saturated carbocycles. The average Bonchev–Trinajstić information content (AvgIpc) is 2.36. The highest BCUT2D eigenvalue weighted by atomic mass is 19.1. The van der Waals surface area contributed by atoms with Crippen LogP contribution in [-0.2, 0) is 13.1 Å². The van der Waals surface area contributed by atoms with Crippen LogP contribution in [0.3, 0.4) is 0 Å². The fourth-order valence-electron chi connectivity index (χ4n) is 1.84. The minimum atomic E-state index is -0.328. The Kier molecular flexibility index (Phi) is 3.89. The molecule has 0 aliphatic rings. The molecule has 1 heterocycles. The van der Waals surface area contributed by atoms with E-state index in [1.54, 1.807) is 24.4 Å². The van der Waals surface area contributed by atoms with Gasteiger partial charge in [-0.15, -0.1) is 0 Å². The smallest absolute Gasteiger partial charge is 0.150 e. The number of rotatable bonds is 4. The molecule has 94 valence electrons. The first kappa shape index (κ1) is 12.5. The maximum atomic E-state index is 13.7. The first-order valence-corrected chi connectivity index (χ1v) is 5.78. The molecule has 2 rings (SSSR count). The minimum absolute atomic E-state index is 0.193. The summed E-state index contributed by atoms with van der Waals surface area (Å²) in [5, 5.41) is 0. The van der Waals surface area contributed by atoms with Gasteiger partial charge >= 0.3 is 0 Å². The van der Waals surface area contributed by atoms with Gasteiger partial charge < -0.3 is 5.73 Å². The standard InChI is InChI=1S/C14H16FN3/c1-18(10-12-6-2-3-8-17-12)9-11-5-4-7-13(16)14(11)15/h2-8H,9-10,16H2,1H3. The highest BCUT2D eigenvalue weighted by Crippen LogP contribution is 2.16. The molecule has 4 heteroatoms. The lowest BCUT2D eigenvalue weighted by atomic mass is 10.1. The Hall–Kier alpha value is -1.94. The number of pyridine rings is 1. The number of halogens is 1. The second-order valence-corrected chi connectivity index (χ2v) is 4.31. The van der Waals surface area contributed by atoms with Crippen LogP contribution in [0.4, 0.5) is 10.1 Å². The zero-order valence-electron chi connectivity index (χ0n) is 10.3. The molecule has 1 aromatic carbocycles. The van der Waals surface area contributed by atoms with Gasteiger partial charge in [-0.3, -0.25) is 9.88 Å². The van der Waals surface area contributed by atoms with E-state index in [0.29, 0.717) is 18.7 Å². The largest absolute Gasteiger partial charge is 0.396 e. The van der Waals surface area contributed by atoms with Crippen molar-refractivity contribution >= 4 is 5.69 Å². The lowest BCUT2D eigenvalue weighted by molar-refractivity contribution is 0.310. The minimum Gasteiger partial charge on any atom is -0.396 e. The maximum absolute atomic E-state index is 13.7. The van der Waals surface area contributed by atoms with Crippen molar-refractivity contribution in [2.75, 3.05) is 12.8 Å². The van der Waals surface area contributed by atoms with E-state index in [2.05, 4.69) is 4.98 Å². The van der Waals surface area contributed by atoms with Crippen molar-refractivity contribution < 1.29 is 4.39 Å². The molecule has 0 aliphatic carbocycles. The van der Waals surface area contributed by atoms with Crippen LogP contribution in [0.5, 0.6) is 0 Å². The highest BCUT2D eigenvalue weighted by molar-refractivity contribution is 5.42. The van der Waals surface area contributed by atoms with Crippen LogP contribution in [0, 0.1) is 5.82 Å². The number of hydrogen-bond donors (Lipinski definition) is 1. The number of nitrogens with two attached hydrogens (primary N) is 1. The van der Waals surface area contributed by atoms with Crippen molar-refractivity contribution in [1.29, 1.82) is 0 Å². The van der Waals surface area contributed by atoms with E-state index < -0.39 is 0 Å². The van der Waals surface area contributed by atoms with E-state index >= 15 is 0 Å². The molecule has 0 amide bonds. The highest BCUT2D eigenvalue weighted by Gasteiger charge is 2.08. The second kappa shape index (κ2) is 5.60. The van der Waals surface area contributed by atoms with Gasteiger partial charge in [0, 0.05) is 24.8 Å². The average molecular weight is 245 g/mol. The summed E-state index contributed by atoms with van der Waals surface area (Å²) in [4.78, 5) is 6.24. The summed E-state index contributed by atoms with van der Waals surface area (Å²) in [6.07, 6.45) is 1.75. The Bertz CT molecular complexity index is 514. The monoisotopic (exact) mass is 245 g/mol. The third-order valence-corrected chi connectivity index (χ3v) is 2.71. The number of benzene rings is 1. The molecule has 0 fully saturated rings. The molecule has 0 saturated heterocycles. The Balaban J connectivity index is 2.03. The third kappa shape index (κ3) is 3.05. The van der Waals surface area contributed by atoms with Crippen molar-refractivity contribution in [3.05, 3.63) is 59.7 Å². The van der Waals surface area contributed by atoms with Crippen LogP contribution in [0.25, 0.3) is 0 Å². The Labute approximate surface area is 106 Å². The molecular weight excluding hydrogens is 229 g/mol. The first-order valence-electron chi connectivity index (χ1n) is 5.78. The molecule has 0 radical (unpaired) electrons. The topological polar surface area (TPSA) is 42.2 Å².